The van der Waals surface area contributed by atoms with E-state index < -0.39 is 0 Å². The van der Waals surface area contributed by atoms with E-state index in [1.165, 1.54) is 3.41 Å². The summed E-state index contributed by atoms with van der Waals surface area (Å²) in [7, 11) is 0. The second kappa shape index (κ2) is 4.74. The van der Waals surface area contributed by atoms with Gasteiger partial charge in [0.15, 0.2) is 0 Å². The zero-order valence-electron chi connectivity index (χ0n) is 6.80. The quantitative estimate of drug-likeness (QED) is 0.807. The molecule has 1 rings (SSSR count). The van der Waals surface area contributed by atoms with E-state index in [1.54, 1.807) is 6.08 Å². The van der Waals surface area contributed by atoms with E-state index in [9.17, 15) is 0 Å². The van der Waals surface area contributed by atoms with E-state index >= 15 is 0 Å². The fourth-order valence-electron chi connectivity index (χ4n) is 1.03. The molecule has 0 amide bonds. The second-order valence-electron chi connectivity index (χ2n) is 2.52. The first-order chi connectivity index (χ1) is 5.27. The van der Waals surface area contributed by atoms with Crippen molar-refractivity contribution in [2.45, 2.75) is -2.15 Å². The molecular formula is C9H10CsN. The summed E-state index contributed by atoms with van der Waals surface area (Å²) in [5.74, 6) is 0. The van der Waals surface area contributed by atoms with Crippen LogP contribution in [0.15, 0.2) is 24.8 Å². The van der Waals surface area contributed by atoms with Crippen molar-refractivity contribution >= 4 is 77.7 Å². The van der Waals surface area contributed by atoms with Gasteiger partial charge in [-0.15, -0.1) is 0 Å². The van der Waals surface area contributed by atoms with Gasteiger partial charge in [0.2, 0.25) is 0 Å². The van der Waals surface area contributed by atoms with E-state index in [1.807, 2.05) is 6.07 Å². The van der Waals surface area contributed by atoms with Crippen LogP contribution in [0.4, 0.5) is 5.69 Å². The third kappa shape index (κ3) is 2.65. The molecule has 0 heterocycles. The Kier molecular flexibility index (Phi) is 4.27. The molecule has 0 aliphatic rings. The number of benzene rings is 1. The predicted octanol–water partition coefficient (Wildman–Crippen LogP) is 1.58. The molecule has 0 aliphatic heterocycles. The van der Waals surface area contributed by atoms with Crippen molar-refractivity contribution < 1.29 is 0 Å². The first-order valence-electron chi connectivity index (χ1n) is 3.78. The second-order valence-corrected chi connectivity index (χ2v) is 4.74. The third-order valence-electron chi connectivity index (χ3n) is 1.78. The molecule has 0 spiro atoms. The van der Waals surface area contributed by atoms with Crippen LogP contribution >= 0.6 is 0 Å². The van der Waals surface area contributed by atoms with Crippen molar-refractivity contribution in [3.8, 4) is 0 Å². The molecule has 0 fully saturated rings. The zero-order chi connectivity index (χ0) is 8.27. The molecule has 1 aromatic carbocycles. The number of nitrogens with two attached hydrogens (primary N) is 1. The van der Waals surface area contributed by atoms with E-state index in [2.05, 4.69) is 18.7 Å². The molecule has 11 heavy (non-hydrogen) atoms. The van der Waals surface area contributed by atoms with Gasteiger partial charge in [0.1, 0.15) is 0 Å². The molecule has 1 nitrogen and oxygen atoms in total. The van der Waals surface area contributed by atoms with Gasteiger partial charge in [0.05, 0.1) is 0 Å². The Morgan fingerprint density at radius 3 is 2.73 bits per heavy atom. The number of anilines is 1. The molecule has 0 aliphatic carbocycles. The van der Waals surface area contributed by atoms with Crippen LogP contribution in [0.25, 0.3) is 6.08 Å². The first kappa shape index (κ1) is 9.90. The van der Waals surface area contributed by atoms with Crippen LogP contribution in [0.2, 0.25) is 0 Å². The summed E-state index contributed by atoms with van der Waals surface area (Å²) in [6, 6.07) is 6.22. The Bertz CT molecular complexity index is 268. The SMILES string of the molecule is C=Cc1ccc([CH2][Cs])cc1N. The summed E-state index contributed by atoms with van der Waals surface area (Å²) in [5.41, 5.74) is 9.03. The average molecular weight is 265 g/mol. The molecule has 0 saturated heterocycles. The van der Waals surface area contributed by atoms with Gasteiger partial charge in [-0.25, -0.2) is 0 Å². The molecule has 0 atom stereocenters. The van der Waals surface area contributed by atoms with Gasteiger partial charge in [-0.05, 0) is 0 Å². The zero-order valence-corrected chi connectivity index (χ0v) is 13.1. The number of rotatable bonds is 2. The van der Waals surface area contributed by atoms with Crippen LogP contribution in [-0.4, -0.2) is 65.9 Å². The van der Waals surface area contributed by atoms with Crippen molar-refractivity contribution in [3.05, 3.63) is 35.9 Å². The summed E-state index contributed by atoms with van der Waals surface area (Å²) >= 11 is 0.640. The van der Waals surface area contributed by atoms with Crippen LogP contribution in [-0.2, 0) is -2.15 Å². The molecule has 2 N–H and O–H groups in total. The summed E-state index contributed by atoms with van der Waals surface area (Å²) < 4.78 is 1.25. The predicted molar refractivity (Wildman–Crippen MR) is 50.4 cm³/mol. The van der Waals surface area contributed by atoms with Gasteiger partial charge >= 0.3 is 117 Å². The Morgan fingerprint density at radius 1 is 1.55 bits per heavy atom. The molecule has 0 saturated carbocycles. The van der Waals surface area contributed by atoms with Crippen molar-refractivity contribution in [1.82, 2.24) is 0 Å². The third-order valence-corrected chi connectivity index (χ3v) is 4.34. The maximum absolute atomic E-state index is 5.76. The standard InChI is InChI=1S/C9H10N.Cs/c1-3-8-5-4-7(2)6-9(8)10;/h3-6H,1-2,10H2;. The normalized spacial score (nSPS) is 9.64. The van der Waals surface area contributed by atoms with Crippen LogP contribution in [0.5, 0.6) is 0 Å². The number of hydrogen-bond acceptors (Lipinski definition) is 1. The maximum atomic E-state index is 5.76. The van der Waals surface area contributed by atoms with Gasteiger partial charge in [0.25, 0.3) is 0 Å². The van der Waals surface area contributed by atoms with Gasteiger partial charge in [-0.3, -0.25) is 0 Å². The molecule has 2 heteroatoms. The van der Waals surface area contributed by atoms with Gasteiger partial charge in [-0.1, -0.05) is 0 Å². The summed E-state index contributed by atoms with van der Waals surface area (Å²) in [4.78, 5) is 0. The molecule has 0 radical (unpaired) electrons. The van der Waals surface area contributed by atoms with Crippen molar-refractivity contribution in [2.24, 2.45) is 0 Å². The molecular weight excluding hydrogens is 255 g/mol. The van der Waals surface area contributed by atoms with Gasteiger partial charge < -0.3 is 0 Å². The summed E-state index contributed by atoms with van der Waals surface area (Å²) in [6.07, 6.45) is 1.79. The van der Waals surface area contributed by atoms with Gasteiger partial charge in [0, 0.05) is 0 Å². The molecule has 0 aromatic heterocycles. The Balaban J connectivity index is 3.09. The summed E-state index contributed by atoms with van der Waals surface area (Å²) in [6.45, 7) is 3.68. The molecule has 1 aromatic rings. The number of hydrogen-bond donors (Lipinski definition) is 1. The molecule has 0 unspecified atom stereocenters. The fraction of sp³-hybridized carbons (Fsp3) is 0.111. The molecule has 52 valence electrons. The minimum atomic E-state index is 0.640. The van der Waals surface area contributed by atoms with E-state index in [0.29, 0.717) is 65.9 Å². The van der Waals surface area contributed by atoms with E-state index in [-0.39, 0.29) is 0 Å². The van der Waals surface area contributed by atoms with Crippen molar-refractivity contribution in [2.75, 3.05) is 5.73 Å². The average Bonchev–Trinajstić information content (AvgIpc) is 2.04. The summed E-state index contributed by atoms with van der Waals surface area (Å²) in [5, 5.41) is 0. The monoisotopic (exact) mass is 265 g/mol. The van der Waals surface area contributed by atoms with E-state index in [0.717, 1.165) is 11.3 Å². The Labute approximate surface area is 114 Å². The van der Waals surface area contributed by atoms with Crippen LogP contribution in [0.1, 0.15) is 11.1 Å². The number of nitrogen functional groups attached to an aromatic ring is 1. The van der Waals surface area contributed by atoms with Crippen molar-refractivity contribution in [1.29, 1.82) is 0 Å². The first-order valence-corrected chi connectivity index (χ1v) is 8.23. The minimum absolute atomic E-state index is 0.640. The fourth-order valence-corrected chi connectivity index (χ4v) is 2.41. The topological polar surface area (TPSA) is 26.0 Å². The van der Waals surface area contributed by atoms with Crippen LogP contribution in [0, 0.1) is 0 Å². The van der Waals surface area contributed by atoms with E-state index in [4.69, 9.17) is 5.73 Å². The van der Waals surface area contributed by atoms with Crippen LogP contribution in [0.3, 0.4) is 0 Å². The Hall–Kier alpha value is 0.812. The van der Waals surface area contributed by atoms with Gasteiger partial charge in [-0.2, -0.15) is 0 Å². The molecule has 0 bridgehead atoms. The van der Waals surface area contributed by atoms with Crippen LogP contribution < -0.4 is 5.73 Å². The van der Waals surface area contributed by atoms with Crippen molar-refractivity contribution in [3.63, 3.8) is 0 Å². The Morgan fingerprint density at radius 2 is 2.27 bits per heavy atom.